The van der Waals surface area contributed by atoms with E-state index in [1.807, 2.05) is 11.9 Å². The normalized spacial score (nSPS) is 27.1. The van der Waals surface area contributed by atoms with Crippen LogP contribution >= 0.6 is 0 Å². The summed E-state index contributed by atoms with van der Waals surface area (Å²) in [5.74, 6) is 0.227. The van der Waals surface area contributed by atoms with Crippen LogP contribution in [0.2, 0.25) is 0 Å². The first-order valence-corrected chi connectivity index (χ1v) is 7.44. The van der Waals surface area contributed by atoms with Crippen LogP contribution < -0.4 is 5.32 Å². The highest BCUT2D eigenvalue weighted by atomic mass is 16.5. The van der Waals surface area contributed by atoms with Gasteiger partial charge in [0.25, 0.3) is 0 Å². The van der Waals surface area contributed by atoms with Gasteiger partial charge in [-0.25, -0.2) is 0 Å². The SMILES string of the molecule is CNCC1CCCN1C(=O)CCOCC1CCCO1. The summed E-state index contributed by atoms with van der Waals surface area (Å²) in [6.45, 7) is 3.79. The molecule has 0 aromatic heterocycles. The first-order chi connectivity index (χ1) is 9.31. The smallest absolute Gasteiger partial charge is 0.225 e. The largest absolute Gasteiger partial charge is 0.378 e. The van der Waals surface area contributed by atoms with Gasteiger partial charge in [-0.3, -0.25) is 4.79 Å². The molecule has 2 fully saturated rings. The van der Waals surface area contributed by atoms with E-state index in [0.717, 1.165) is 45.4 Å². The van der Waals surface area contributed by atoms with Crippen LogP contribution in [0, 0.1) is 0 Å². The van der Waals surface area contributed by atoms with Crippen molar-refractivity contribution in [2.24, 2.45) is 0 Å². The molecule has 2 saturated heterocycles. The van der Waals surface area contributed by atoms with Gasteiger partial charge in [0.2, 0.25) is 5.91 Å². The van der Waals surface area contributed by atoms with Crippen molar-refractivity contribution >= 4 is 5.91 Å². The van der Waals surface area contributed by atoms with Crippen LogP contribution in [0.1, 0.15) is 32.1 Å². The third kappa shape index (κ3) is 4.44. The van der Waals surface area contributed by atoms with Crippen molar-refractivity contribution < 1.29 is 14.3 Å². The predicted molar refractivity (Wildman–Crippen MR) is 73.1 cm³/mol. The molecule has 19 heavy (non-hydrogen) atoms. The fraction of sp³-hybridized carbons (Fsp3) is 0.929. The molecule has 1 amide bonds. The fourth-order valence-corrected chi connectivity index (χ4v) is 2.91. The Morgan fingerprint density at radius 2 is 2.32 bits per heavy atom. The summed E-state index contributed by atoms with van der Waals surface area (Å²) in [6.07, 6.45) is 5.20. The number of hydrogen-bond acceptors (Lipinski definition) is 4. The van der Waals surface area contributed by atoms with E-state index in [4.69, 9.17) is 9.47 Å². The van der Waals surface area contributed by atoms with E-state index >= 15 is 0 Å². The molecule has 0 aromatic carbocycles. The zero-order chi connectivity index (χ0) is 13.5. The van der Waals surface area contributed by atoms with Gasteiger partial charge in [0, 0.05) is 25.7 Å². The van der Waals surface area contributed by atoms with E-state index < -0.39 is 0 Å². The summed E-state index contributed by atoms with van der Waals surface area (Å²) in [7, 11) is 1.94. The summed E-state index contributed by atoms with van der Waals surface area (Å²) in [6, 6.07) is 0.371. The average molecular weight is 270 g/mol. The molecule has 2 aliphatic rings. The molecule has 5 nitrogen and oxygen atoms in total. The second-order valence-corrected chi connectivity index (χ2v) is 5.40. The molecule has 110 valence electrons. The average Bonchev–Trinajstić information content (AvgIpc) is 3.05. The van der Waals surface area contributed by atoms with Gasteiger partial charge in [0.15, 0.2) is 0 Å². The van der Waals surface area contributed by atoms with Gasteiger partial charge in [-0.05, 0) is 32.7 Å². The number of amides is 1. The van der Waals surface area contributed by atoms with E-state index in [1.54, 1.807) is 0 Å². The van der Waals surface area contributed by atoms with Crippen molar-refractivity contribution in [2.45, 2.75) is 44.2 Å². The highest BCUT2D eigenvalue weighted by Crippen LogP contribution is 2.17. The highest BCUT2D eigenvalue weighted by molar-refractivity contribution is 5.76. The molecule has 0 spiro atoms. The van der Waals surface area contributed by atoms with Gasteiger partial charge in [0.05, 0.1) is 25.7 Å². The number of carbonyl (C=O) groups excluding carboxylic acids is 1. The van der Waals surface area contributed by atoms with Crippen LogP contribution in [0.3, 0.4) is 0 Å². The van der Waals surface area contributed by atoms with Crippen LogP contribution in [-0.4, -0.2) is 62.9 Å². The zero-order valence-corrected chi connectivity index (χ0v) is 11.9. The third-order valence-electron chi connectivity index (χ3n) is 3.93. The molecular weight excluding hydrogens is 244 g/mol. The number of hydrogen-bond donors (Lipinski definition) is 1. The fourth-order valence-electron chi connectivity index (χ4n) is 2.91. The van der Waals surface area contributed by atoms with E-state index in [1.165, 1.54) is 0 Å². The van der Waals surface area contributed by atoms with Crippen LogP contribution in [0.4, 0.5) is 0 Å². The van der Waals surface area contributed by atoms with Gasteiger partial charge in [0.1, 0.15) is 0 Å². The summed E-state index contributed by atoms with van der Waals surface area (Å²) in [4.78, 5) is 14.1. The predicted octanol–water partition coefficient (Wildman–Crippen LogP) is 0.783. The summed E-state index contributed by atoms with van der Waals surface area (Å²) in [5, 5.41) is 3.16. The van der Waals surface area contributed by atoms with Crippen molar-refractivity contribution in [3.8, 4) is 0 Å². The first-order valence-electron chi connectivity index (χ1n) is 7.44. The van der Waals surface area contributed by atoms with Crippen LogP contribution in [-0.2, 0) is 14.3 Å². The maximum Gasteiger partial charge on any atom is 0.225 e. The molecule has 0 aliphatic carbocycles. The van der Waals surface area contributed by atoms with Gasteiger partial charge in [-0.2, -0.15) is 0 Å². The lowest BCUT2D eigenvalue weighted by Crippen LogP contribution is -2.41. The van der Waals surface area contributed by atoms with Crippen LogP contribution in [0.25, 0.3) is 0 Å². The maximum atomic E-state index is 12.1. The Labute approximate surface area is 115 Å². The first kappa shape index (κ1) is 14.8. The number of nitrogens with one attached hydrogen (secondary N) is 1. The van der Waals surface area contributed by atoms with E-state index in [2.05, 4.69) is 5.32 Å². The Balaban J connectivity index is 1.60. The van der Waals surface area contributed by atoms with E-state index in [0.29, 0.717) is 25.7 Å². The number of likely N-dealkylation sites (tertiary alicyclic amines) is 1. The lowest BCUT2D eigenvalue weighted by molar-refractivity contribution is -0.133. The molecule has 5 heteroatoms. The van der Waals surface area contributed by atoms with Gasteiger partial charge in [-0.1, -0.05) is 0 Å². The Kier molecular flexibility index (Phi) is 6.07. The molecule has 1 N–H and O–H groups in total. The second kappa shape index (κ2) is 7.82. The molecule has 2 atom stereocenters. The second-order valence-electron chi connectivity index (χ2n) is 5.40. The molecule has 2 heterocycles. The topological polar surface area (TPSA) is 50.8 Å². The Morgan fingerprint density at radius 3 is 3.05 bits per heavy atom. The quantitative estimate of drug-likeness (QED) is 0.695. The Hall–Kier alpha value is -0.650. The number of carbonyl (C=O) groups is 1. The third-order valence-corrected chi connectivity index (χ3v) is 3.93. The minimum atomic E-state index is 0.227. The number of likely N-dealkylation sites (N-methyl/N-ethyl adjacent to an activating group) is 1. The molecule has 0 saturated carbocycles. The summed E-state index contributed by atoms with van der Waals surface area (Å²) >= 11 is 0. The maximum absolute atomic E-state index is 12.1. The lowest BCUT2D eigenvalue weighted by Gasteiger charge is -2.24. The molecule has 0 radical (unpaired) electrons. The molecule has 2 unspecified atom stereocenters. The highest BCUT2D eigenvalue weighted by Gasteiger charge is 2.27. The minimum absolute atomic E-state index is 0.227. The number of rotatable bonds is 7. The van der Waals surface area contributed by atoms with E-state index in [-0.39, 0.29) is 12.0 Å². The Morgan fingerprint density at radius 1 is 1.42 bits per heavy atom. The van der Waals surface area contributed by atoms with Gasteiger partial charge < -0.3 is 19.7 Å². The zero-order valence-electron chi connectivity index (χ0n) is 11.9. The number of ether oxygens (including phenoxy) is 2. The molecule has 2 aliphatic heterocycles. The van der Waals surface area contributed by atoms with Crippen molar-refractivity contribution in [1.82, 2.24) is 10.2 Å². The van der Waals surface area contributed by atoms with Crippen LogP contribution in [0.5, 0.6) is 0 Å². The van der Waals surface area contributed by atoms with Crippen molar-refractivity contribution in [3.63, 3.8) is 0 Å². The number of nitrogens with zero attached hydrogens (tertiary/aromatic N) is 1. The van der Waals surface area contributed by atoms with Crippen molar-refractivity contribution in [3.05, 3.63) is 0 Å². The minimum Gasteiger partial charge on any atom is -0.378 e. The molecule has 2 rings (SSSR count). The van der Waals surface area contributed by atoms with Crippen LogP contribution in [0.15, 0.2) is 0 Å². The van der Waals surface area contributed by atoms with Gasteiger partial charge >= 0.3 is 0 Å². The lowest BCUT2D eigenvalue weighted by atomic mass is 10.2. The Bertz CT molecular complexity index is 280. The molecule has 0 bridgehead atoms. The van der Waals surface area contributed by atoms with Gasteiger partial charge in [-0.15, -0.1) is 0 Å². The molecular formula is C14H26N2O3. The summed E-state index contributed by atoms with van der Waals surface area (Å²) < 4.78 is 11.0. The monoisotopic (exact) mass is 270 g/mol. The van der Waals surface area contributed by atoms with E-state index in [9.17, 15) is 4.79 Å². The van der Waals surface area contributed by atoms with Crippen molar-refractivity contribution in [1.29, 1.82) is 0 Å². The standard InChI is InChI=1S/C14H26N2O3/c1-15-10-12-4-2-7-16(12)14(17)6-9-18-11-13-5-3-8-19-13/h12-13,15H,2-11H2,1H3. The van der Waals surface area contributed by atoms with Crippen molar-refractivity contribution in [2.75, 3.05) is 40.0 Å². The summed E-state index contributed by atoms with van der Waals surface area (Å²) in [5.41, 5.74) is 0. The molecule has 0 aromatic rings.